The second-order valence-corrected chi connectivity index (χ2v) is 5.55. The average molecular weight is 322 g/mol. The van der Waals surface area contributed by atoms with Crippen LogP contribution in [0.15, 0.2) is 53.0 Å². The summed E-state index contributed by atoms with van der Waals surface area (Å²) < 4.78 is 13.6. The first-order valence-corrected chi connectivity index (χ1v) is 7.15. The Bertz CT molecular complexity index is 528. The molecule has 3 heteroatoms. The first-order chi connectivity index (χ1) is 9.16. The van der Waals surface area contributed by atoms with Crippen molar-refractivity contribution >= 4 is 15.9 Å². The summed E-state index contributed by atoms with van der Waals surface area (Å²) in [4.78, 5) is 0. The van der Waals surface area contributed by atoms with Gasteiger partial charge in [-0.1, -0.05) is 43.3 Å². The van der Waals surface area contributed by atoms with Gasteiger partial charge >= 0.3 is 0 Å². The van der Waals surface area contributed by atoms with Gasteiger partial charge in [-0.25, -0.2) is 4.39 Å². The molecule has 0 aromatic heterocycles. The van der Waals surface area contributed by atoms with Gasteiger partial charge in [0.15, 0.2) is 0 Å². The standard InChI is InChI=1S/C16H17BrFN/c1-12(14-5-3-2-4-6-14)10-19-11-13-7-8-16(18)15(17)9-13/h2-9,12,19H,10-11H2,1H3. The van der Waals surface area contributed by atoms with Gasteiger partial charge in [0.2, 0.25) is 0 Å². The number of benzene rings is 2. The van der Waals surface area contributed by atoms with Gasteiger partial charge in [0.25, 0.3) is 0 Å². The highest BCUT2D eigenvalue weighted by atomic mass is 79.9. The minimum atomic E-state index is -0.221. The lowest BCUT2D eigenvalue weighted by Gasteiger charge is -2.13. The molecule has 0 amide bonds. The van der Waals surface area contributed by atoms with E-state index < -0.39 is 0 Å². The smallest absolute Gasteiger partial charge is 0.137 e. The largest absolute Gasteiger partial charge is 0.312 e. The van der Waals surface area contributed by atoms with Gasteiger partial charge in [0.1, 0.15) is 5.82 Å². The van der Waals surface area contributed by atoms with E-state index in [1.54, 1.807) is 6.07 Å². The maximum absolute atomic E-state index is 13.1. The van der Waals surface area contributed by atoms with Crippen LogP contribution in [0.4, 0.5) is 4.39 Å². The fourth-order valence-corrected chi connectivity index (χ4v) is 2.41. The third-order valence-corrected chi connectivity index (χ3v) is 3.74. The van der Waals surface area contributed by atoms with Crippen molar-refractivity contribution in [3.8, 4) is 0 Å². The molecule has 0 aliphatic carbocycles. The van der Waals surface area contributed by atoms with Crippen molar-refractivity contribution in [2.45, 2.75) is 19.4 Å². The molecule has 0 heterocycles. The molecule has 0 bridgehead atoms. The second-order valence-electron chi connectivity index (χ2n) is 4.69. The summed E-state index contributed by atoms with van der Waals surface area (Å²) >= 11 is 3.20. The second kappa shape index (κ2) is 6.83. The summed E-state index contributed by atoms with van der Waals surface area (Å²) in [6.45, 7) is 3.85. The zero-order chi connectivity index (χ0) is 13.7. The molecular weight excluding hydrogens is 305 g/mol. The number of hydrogen-bond acceptors (Lipinski definition) is 1. The third kappa shape index (κ3) is 4.15. The van der Waals surface area contributed by atoms with Crippen LogP contribution in [-0.2, 0) is 6.54 Å². The van der Waals surface area contributed by atoms with Crippen molar-refractivity contribution in [1.82, 2.24) is 5.32 Å². The third-order valence-electron chi connectivity index (χ3n) is 3.13. The van der Waals surface area contributed by atoms with E-state index in [9.17, 15) is 4.39 Å². The van der Waals surface area contributed by atoms with E-state index in [0.29, 0.717) is 10.4 Å². The number of halogens is 2. The van der Waals surface area contributed by atoms with Crippen LogP contribution in [-0.4, -0.2) is 6.54 Å². The number of nitrogens with one attached hydrogen (secondary N) is 1. The van der Waals surface area contributed by atoms with Crippen molar-refractivity contribution in [2.75, 3.05) is 6.54 Å². The van der Waals surface area contributed by atoms with Crippen LogP contribution in [0.3, 0.4) is 0 Å². The summed E-state index contributed by atoms with van der Waals surface area (Å²) in [7, 11) is 0. The number of hydrogen-bond donors (Lipinski definition) is 1. The van der Waals surface area contributed by atoms with Crippen molar-refractivity contribution in [3.05, 3.63) is 69.9 Å². The van der Waals surface area contributed by atoms with Crippen LogP contribution >= 0.6 is 15.9 Å². The van der Waals surface area contributed by atoms with Crippen LogP contribution in [0, 0.1) is 5.82 Å². The van der Waals surface area contributed by atoms with Crippen molar-refractivity contribution in [1.29, 1.82) is 0 Å². The maximum atomic E-state index is 13.1. The van der Waals surface area contributed by atoms with E-state index >= 15 is 0 Å². The van der Waals surface area contributed by atoms with Gasteiger partial charge in [-0.05, 0) is 45.1 Å². The van der Waals surface area contributed by atoms with E-state index in [4.69, 9.17) is 0 Å². The Balaban J connectivity index is 1.85. The molecule has 0 aliphatic heterocycles. The molecule has 1 nitrogen and oxygen atoms in total. The SMILES string of the molecule is CC(CNCc1ccc(F)c(Br)c1)c1ccccc1. The topological polar surface area (TPSA) is 12.0 Å². The van der Waals surface area contributed by atoms with Gasteiger partial charge in [0, 0.05) is 13.1 Å². The molecule has 1 N–H and O–H groups in total. The van der Waals surface area contributed by atoms with Crippen molar-refractivity contribution < 1.29 is 4.39 Å². The van der Waals surface area contributed by atoms with E-state index in [0.717, 1.165) is 18.7 Å². The van der Waals surface area contributed by atoms with Crippen LogP contribution in [0.1, 0.15) is 24.0 Å². The maximum Gasteiger partial charge on any atom is 0.137 e. The zero-order valence-electron chi connectivity index (χ0n) is 10.9. The minimum Gasteiger partial charge on any atom is -0.312 e. The Morgan fingerprint density at radius 3 is 2.58 bits per heavy atom. The highest BCUT2D eigenvalue weighted by molar-refractivity contribution is 9.10. The molecule has 0 fully saturated rings. The normalized spacial score (nSPS) is 12.4. The van der Waals surface area contributed by atoms with E-state index in [1.807, 2.05) is 12.1 Å². The lowest BCUT2D eigenvalue weighted by atomic mass is 10.0. The molecule has 1 atom stereocenters. The zero-order valence-corrected chi connectivity index (χ0v) is 12.5. The minimum absolute atomic E-state index is 0.221. The Hall–Kier alpha value is -1.19. The lowest BCUT2D eigenvalue weighted by Crippen LogP contribution is -2.19. The summed E-state index contributed by atoms with van der Waals surface area (Å²) in [5.41, 5.74) is 2.41. The molecule has 2 rings (SSSR count). The Morgan fingerprint density at radius 2 is 1.89 bits per heavy atom. The van der Waals surface area contributed by atoms with Gasteiger partial charge in [-0.15, -0.1) is 0 Å². The molecule has 0 radical (unpaired) electrons. The molecule has 0 saturated heterocycles. The first-order valence-electron chi connectivity index (χ1n) is 6.36. The molecule has 0 aliphatic rings. The quantitative estimate of drug-likeness (QED) is 0.856. The van der Waals surface area contributed by atoms with Crippen LogP contribution in [0.2, 0.25) is 0 Å². The fourth-order valence-electron chi connectivity index (χ4n) is 1.98. The van der Waals surface area contributed by atoms with Crippen LogP contribution in [0.25, 0.3) is 0 Å². The summed E-state index contributed by atoms with van der Waals surface area (Å²) in [6, 6.07) is 15.5. The van der Waals surface area contributed by atoms with Crippen molar-refractivity contribution in [3.63, 3.8) is 0 Å². The van der Waals surface area contributed by atoms with E-state index in [-0.39, 0.29) is 5.82 Å². The van der Waals surface area contributed by atoms with E-state index in [1.165, 1.54) is 11.6 Å². The van der Waals surface area contributed by atoms with Crippen LogP contribution < -0.4 is 5.32 Å². The fraction of sp³-hybridized carbons (Fsp3) is 0.250. The molecule has 2 aromatic rings. The van der Waals surface area contributed by atoms with E-state index in [2.05, 4.69) is 52.4 Å². The Morgan fingerprint density at radius 1 is 1.16 bits per heavy atom. The molecule has 0 spiro atoms. The van der Waals surface area contributed by atoms with Crippen molar-refractivity contribution in [2.24, 2.45) is 0 Å². The Kier molecular flexibility index (Phi) is 5.11. The average Bonchev–Trinajstić information content (AvgIpc) is 2.43. The van der Waals surface area contributed by atoms with Gasteiger partial charge in [-0.3, -0.25) is 0 Å². The summed E-state index contributed by atoms with van der Waals surface area (Å²) in [5, 5.41) is 3.40. The van der Waals surface area contributed by atoms with Gasteiger partial charge < -0.3 is 5.32 Å². The molecule has 2 aromatic carbocycles. The number of rotatable bonds is 5. The first kappa shape index (κ1) is 14.2. The monoisotopic (exact) mass is 321 g/mol. The molecule has 0 saturated carbocycles. The summed E-state index contributed by atoms with van der Waals surface area (Å²) in [5.74, 6) is 0.242. The molecule has 19 heavy (non-hydrogen) atoms. The Labute approximate surface area is 122 Å². The predicted octanol–water partition coefficient (Wildman–Crippen LogP) is 4.48. The van der Waals surface area contributed by atoms with Crippen LogP contribution in [0.5, 0.6) is 0 Å². The van der Waals surface area contributed by atoms with Gasteiger partial charge in [-0.2, -0.15) is 0 Å². The highest BCUT2D eigenvalue weighted by Crippen LogP contribution is 2.17. The molecule has 100 valence electrons. The molecule has 1 unspecified atom stereocenters. The predicted molar refractivity (Wildman–Crippen MR) is 80.7 cm³/mol. The highest BCUT2D eigenvalue weighted by Gasteiger charge is 2.05. The molecular formula is C16H17BrFN. The summed E-state index contributed by atoms with van der Waals surface area (Å²) in [6.07, 6.45) is 0. The lowest BCUT2D eigenvalue weighted by molar-refractivity contribution is 0.606. The van der Waals surface area contributed by atoms with Gasteiger partial charge in [0.05, 0.1) is 4.47 Å².